The summed E-state index contributed by atoms with van der Waals surface area (Å²) in [7, 11) is 0. The molecule has 0 fully saturated rings. The molecule has 0 aromatic heterocycles. The zero-order chi connectivity index (χ0) is 10.6. The molecule has 1 aromatic rings. The number of alkyl halides is 1. The van der Waals surface area contributed by atoms with E-state index in [0.717, 1.165) is 17.7 Å². The first-order valence-electron chi connectivity index (χ1n) is 4.89. The number of ether oxygens (including phenoxy) is 1. The highest BCUT2D eigenvalue weighted by Crippen LogP contribution is 2.19. The van der Waals surface area contributed by atoms with E-state index in [9.17, 15) is 0 Å². The fraction of sp³-hybridized carbons (Fsp3) is 0.500. The zero-order valence-corrected chi connectivity index (χ0v) is 10.6. The Morgan fingerprint density at radius 1 is 1.36 bits per heavy atom. The van der Waals surface area contributed by atoms with Crippen molar-refractivity contribution in [2.75, 3.05) is 11.9 Å². The van der Waals surface area contributed by atoms with E-state index < -0.39 is 0 Å². The van der Waals surface area contributed by atoms with Gasteiger partial charge in [-0.05, 0) is 37.0 Å². The minimum atomic E-state index is 0.551. The highest BCUT2D eigenvalue weighted by atomic mass is 79.9. The van der Waals surface area contributed by atoms with Crippen LogP contribution in [0.15, 0.2) is 18.2 Å². The molecule has 0 aliphatic heterocycles. The molecule has 0 saturated heterocycles. The summed E-state index contributed by atoms with van der Waals surface area (Å²) in [6.45, 7) is 7.10. The van der Waals surface area contributed by atoms with Crippen LogP contribution in [0.5, 0.6) is 5.75 Å². The third-order valence-corrected chi connectivity index (χ3v) is 3.24. The van der Waals surface area contributed by atoms with Gasteiger partial charge in [0.1, 0.15) is 5.75 Å². The second kappa shape index (κ2) is 5.40. The van der Waals surface area contributed by atoms with E-state index in [1.807, 2.05) is 0 Å². The molecule has 0 N–H and O–H groups in total. The Labute approximate surface area is 94.6 Å². The maximum atomic E-state index is 5.74. The fourth-order valence-electron chi connectivity index (χ4n) is 1.14. The molecule has 0 bridgehead atoms. The van der Waals surface area contributed by atoms with Gasteiger partial charge in [0.2, 0.25) is 0 Å². The molecule has 0 heterocycles. The Hall–Kier alpha value is -0.500. The summed E-state index contributed by atoms with van der Waals surface area (Å²) in [6, 6.07) is 6.30. The average molecular weight is 257 g/mol. The maximum Gasteiger partial charge on any atom is 0.122 e. The Kier molecular flexibility index (Phi) is 4.46. The van der Waals surface area contributed by atoms with E-state index >= 15 is 0 Å². The molecule has 14 heavy (non-hydrogen) atoms. The van der Waals surface area contributed by atoms with Gasteiger partial charge in [0.25, 0.3) is 0 Å². The van der Waals surface area contributed by atoms with Gasteiger partial charge in [-0.25, -0.2) is 0 Å². The molecule has 0 saturated carbocycles. The van der Waals surface area contributed by atoms with Crippen molar-refractivity contribution in [1.82, 2.24) is 0 Å². The number of hydrogen-bond acceptors (Lipinski definition) is 1. The smallest absolute Gasteiger partial charge is 0.122 e. The monoisotopic (exact) mass is 256 g/mol. The molecule has 0 amide bonds. The van der Waals surface area contributed by atoms with Crippen LogP contribution in [-0.2, 0) is 0 Å². The van der Waals surface area contributed by atoms with Gasteiger partial charge in [0.05, 0.1) is 6.61 Å². The molecule has 1 rings (SSSR count). The molecule has 1 unspecified atom stereocenters. The van der Waals surface area contributed by atoms with Gasteiger partial charge < -0.3 is 4.74 Å². The number of rotatable bonds is 4. The molecule has 1 atom stereocenters. The molecular formula is C12H17BrO. The van der Waals surface area contributed by atoms with E-state index in [4.69, 9.17) is 4.74 Å². The summed E-state index contributed by atoms with van der Waals surface area (Å²) < 4.78 is 5.74. The fourth-order valence-corrected chi connectivity index (χ4v) is 1.33. The van der Waals surface area contributed by atoms with E-state index in [1.165, 1.54) is 11.1 Å². The summed E-state index contributed by atoms with van der Waals surface area (Å²) >= 11 is 3.44. The van der Waals surface area contributed by atoms with Crippen LogP contribution in [0.1, 0.15) is 18.1 Å². The highest BCUT2D eigenvalue weighted by Gasteiger charge is 2.03. The lowest BCUT2D eigenvalue weighted by Crippen LogP contribution is -2.10. The van der Waals surface area contributed by atoms with Gasteiger partial charge >= 0.3 is 0 Å². The molecule has 0 aliphatic rings. The van der Waals surface area contributed by atoms with Crippen molar-refractivity contribution in [2.24, 2.45) is 5.92 Å². The Morgan fingerprint density at radius 3 is 2.71 bits per heavy atom. The average Bonchev–Trinajstić information content (AvgIpc) is 2.19. The molecule has 0 radical (unpaired) electrons. The van der Waals surface area contributed by atoms with Crippen molar-refractivity contribution in [3.05, 3.63) is 29.3 Å². The summed E-state index contributed by atoms with van der Waals surface area (Å²) in [5.74, 6) is 1.56. The molecule has 1 aromatic carbocycles. The third-order valence-electron chi connectivity index (χ3n) is 2.13. The predicted octanol–water partition coefficient (Wildman–Crippen LogP) is 3.71. The maximum absolute atomic E-state index is 5.74. The molecule has 78 valence electrons. The molecule has 0 spiro atoms. The quantitative estimate of drug-likeness (QED) is 0.747. The molecular weight excluding hydrogens is 240 g/mol. The number of halogens is 1. The zero-order valence-electron chi connectivity index (χ0n) is 9.01. The molecule has 0 aliphatic carbocycles. The molecule has 1 nitrogen and oxygen atoms in total. The highest BCUT2D eigenvalue weighted by molar-refractivity contribution is 9.09. The van der Waals surface area contributed by atoms with Crippen molar-refractivity contribution in [2.45, 2.75) is 20.8 Å². The number of benzene rings is 1. The summed E-state index contributed by atoms with van der Waals surface area (Å²) in [4.78, 5) is 0. The molecule has 2 heteroatoms. The van der Waals surface area contributed by atoms with Gasteiger partial charge in [0, 0.05) is 5.33 Å². The Bertz CT molecular complexity index is 296. The van der Waals surface area contributed by atoms with Gasteiger partial charge in [0.15, 0.2) is 0 Å². The summed E-state index contributed by atoms with van der Waals surface area (Å²) in [6.07, 6.45) is 0. The van der Waals surface area contributed by atoms with Gasteiger partial charge in [-0.3, -0.25) is 0 Å². The van der Waals surface area contributed by atoms with E-state index in [0.29, 0.717) is 5.92 Å². The van der Waals surface area contributed by atoms with Gasteiger partial charge in [-0.1, -0.05) is 35.0 Å². The predicted molar refractivity (Wildman–Crippen MR) is 64.4 cm³/mol. The van der Waals surface area contributed by atoms with Crippen LogP contribution in [0.25, 0.3) is 0 Å². The first kappa shape index (κ1) is 11.6. The Balaban J connectivity index is 2.62. The summed E-state index contributed by atoms with van der Waals surface area (Å²) in [5.41, 5.74) is 2.45. The Morgan fingerprint density at radius 2 is 2.07 bits per heavy atom. The topological polar surface area (TPSA) is 9.23 Å². The van der Waals surface area contributed by atoms with Crippen LogP contribution < -0.4 is 4.74 Å². The van der Waals surface area contributed by atoms with E-state index in [-0.39, 0.29) is 0 Å². The van der Waals surface area contributed by atoms with Crippen LogP contribution in [0.4, 0.5) is 0 Å². The van der Waals surface area contributed by atoms with Crippen molar-refractivity contribution in [3.8, 4) is 5.75 Å². The van der Waals surface area contributed by atoms with Crippen molar-refractivity contribution < 1.29 is 4.74 Å². The van der Waals surface area contributed by atoms with Crippen LogP contribution in [0, 0.1) is 19.8 Å². The van der Waals surface area contributed by atoms with Crippen LogP contribution in [0.3, 0.4) is 0 Å². The summed E-state index contributed by atoms with van der Waals surface area (Å²) in [5, 5.41) is 0.984. The van der Waals surface area contributed by atoms with Crippen molar-refractivity contribution in [3.63, 3.8) is 0 Å². The van der Waals surface area contributed by atoms with Gasteiger partial charge in [-0.2, -0.15) is 0 Å². The normalized spacial score (nSPS) is 12.6. The minimum absolute atomic E-state index is 0.551. The minimum Gasteiger partial charge on any atom is -0.493 e. The third kappa shape index (κ3) is 3.33. The first-order chi connectivity index (χ1) is 6.63. The van der Waals surface area contributed by atoms with Crippen LogP contribution in [0.2, 0.25) is 0 Å². The lowest BCUT2D eigenvalue weighted by atomic mass is 10.1. The van der Waals surface area contributed by atoms with Crippen LogP contribution in [-0.4, -0.2) is 11.9 Å². The second-order valence-corrected chi connectivity index (χ2v) is 4.49. The second-order valence-electron chi connectivity index (χ2n) is 3.84. The number of hydrogen-bond donors (Lipinski definition) is 0. The SMILES string of the molecule is Cc1ccc(C)c(OCC(C)CBr)c1. The van der Waals surface area contributed by atoms with Crippen molar-refractivity contribution >= 4 is 15.9 Å². The van der Waals surface area contributed by atoms with Gasteiger partial charge in [-0.15, -0.1) is 0 Å². The lowest BCUT2D eigenvalue weighted by Gasteiger charge is -2.12. The lowest BCUT2D eigenvalue weighted by molar-refractivity contribution is 0.272. The largest absolute Gasteiger partial charge is 0.493 e. The standard InChI is InChI=1S/C12H17BrO/c1-9-4-5-11(3)12(6-9)14-8-10(2)7-13/h4-6,10H,7-8H2,1-3H3. The van der Waals surface area contributed by atoms with E-state index in [1.54, 1.807) is 0 Å². The first-order valence-corrected chi connectivity index (χ1v) is 6.01. The van der Waals surface area contributed by atoms with Crippen LogP contribution >= 0.6 is 15.9 Å². The van der Waals surface area contributed by atoms with E-state index in [2.05, 4.69) is 54.9 Å². The van der Waals surface area contributed by atoms with Crippen molar-refractivity contribution in [1.29, 1.82) is 0 Å². The number of aryl methyl sites for hydroxylation is 2.